The number of fused-ring (bicyclic) bond motifs is 1. The Morgan fingerprint density at radius 1 is 0.839 bits per heavy atom. The summed E-state index contributed by atoms with van der Waals surface area (Å²) in [6.07, 6.45) is 14.1. The van der Waals surface area contributed by atoms with E-state index in [0.717, 1.165) is 59.5 Å². The molecule has 31 heavy (non-hydrogen) atoms. The van der Waals surface area contributed by atoms with E-state index in [1.165, 1.54) is 56.9 Å². The Bertz CT molecular complexity index is 705. The topological polar surface area (TPSA) is 29.5 Å². The van der Waals surface area contributed by atoms with E-state index in [-0.39, 0.29) is 5.60 Å². The summed E-state index contributed by atoms with van der Waals surface area (Å²) in [5.41, 5.74) is 4.22. The van der Waals surface area contributed by atoms with Gasteiger partial charge >= 0.3 is 0 Å². The van der Waals surface area contributed by atoms with Crippen LogP contribution in [0.3, 0.4) is 0 Å². The van der Waals surface area contributed by atoms with Gasteiger partial charge in [-0.1, -0.05) is 66.2 Å². The van der Waals surface area contributed by atoms with Crippen molar-refractivity contribution in [3.8, 4) is 11.5 Å². The van der Waals surface area contributed by atoms with Crippen LogP contribution in [0, 0.1) is 38.5 Å². The van der Waals surface area contributed by atoms with Gasteiger partial charge in [-0.05, 0) is 94.2 Å². The quantitative estimate of drug-likeness (QED) is 0.335. The third-order valence-corrected chi connectivity index (χ3v) is 7.78. The van der Waals surface area contributed by atoms with Crippen LogP contribution in [0.4, 0.5) is 0 Å². The molecule has 1 aliphatic rings. The fourth-order valence-corrected chi connectivity index (χ4v) is 5.44. The van der Waals surface area contributed by atoms with Crippen LogP contribution in [-0.4, -0.2) is 10.7 Å². The Morgan fingerprint density at radius 2 is 1.45 bits per heavy atom. The molecule has 0 saturated heterocycles. The van der Waals surface area contributed by atoms with E-state index in [1.54, 1.807) is 0 Å². The number of hydrogen-bond acceptors (Lipinski definition) is 2. The zero-order chi connectivity index (χ0) is 23.2. The fraction of sp³-hybridized carbons (Fsp3) is 0.793. The number of ether oxygens (including phenoxy) is 1. The van der Waals surface area contributed by atoms with Crippen molar-refractivity contribution in [1.82, 2.24) is 0 Å². The molecule has 2 rings (SSSR count). The Balaban J connectivity index is 1.76. The molecule has 3 unspecified atom stereocenters. The highest BCUT2D eigenvalue weighted by molar-refractivity contribution is 5.58. The summed E-state index contributed by atoms with van der Waals surface area (Å²) in [4.78, 5) is 0. The number of aromatic hydroxyl groups is 1. The Hall–Kier alpha value is -1.18. The Labute approximate surface area is 193 Å². The molecule has 1 N–H and O–H groups in total. The van der Waals surface area contributed by atoms with Gasteiger partial charge in [0.1, 0.15) is 17.1 Å². The smallest absolute Gasteiger partial charge is 0.127 e. The number of rotatable bonds is 12. The maximum absolute atomic E-state index is 10.4. The van der Waals surface area contributed by atoms with Gasteiger partial charge in [0.2, 0.25) is 0 Å². The lowest BCUT2D eigenvalue weighted by atomic mass is 9.83. The van der Waals surface area contributed by atoms with Crippen LogP contribution in [0.1, 0.15) is 121 Å². The summed E-state index contributed by atoms with van der Waals surface area (Å²) >= 11 is 0. The first kappa shape index (κ1) is 26.1. The van der Waals surface area contributed by atoms with Gasteiger partial charge in [-0.2, -0.15) is 0 Å². The molecule has 0 aliphatic carbocycles. The van der Waals surface area contributed by atoms with Gasteiger partial charge in [0.05, 0.1) is 0 Å². The van der Waals surface area contributed by atoms with Crippen LogP contribution < -0.4 is 4.74 Å². The van der Waals surface area contributed by atoms with Gasteiger partial charge < -0.3 is 9.84 Å². The molecule has 0 bridgehead atoms. The van der Waals surface area contributed by atoms with E-state index >= 15 is 0 Å². The standard InChI is InChI=1S/C29H50O2/c1-20(2)13-10-9-11-14-21(3)19-22(4)15-12-17-29(8)18-16-26-25(7)27(30)23(5)24(6)28(26)31-29/h20-22,30H,9-19H2,1-8H3. The van der Waals surface area contributed by atoms with Crippen LogP contribution in [0.25, 0.3) is 0 Å². The largest absolute Gasteiger partial charge is 0.507 e. The molecule has 0 radical (unpaired) electrons. The molecule has 0 saturated carbocycles. The minimum absolute atomic E-state index is 0.0740. The molecule has 0 amide bonds. The van der Waals surface area contributed by atoms with Crippen molar-refractivity contribution < 1.29 is 9.84 Å². The van der Waals surface area contributed by atoms with Crippen molar-refractivity contribution in [2.75, 3.05) is 0 Å². The Kier molecular flexibility index (Phi) is 9.77. The van der Waals surface area contributed by atoms with Crippen molar-refractivity contribution in [2.24, 2.45) is 17.8 Å². The van der Waals surface area contributed by atoms with E-state index in [4.69, 9.17) is 4.74 Å². The van der Waals surface area contributed by atoms with E-state index in [9.17, 15) is 5.11 Å². The zero-order valence-corrected chi connectivity index (χ0v) is 21.9. The molecule has 1 aromatic rings. The summed E-state index contributed by atoms with van der Waals surface area (Å²) in [5, 5.41) is 10.4. The lowest BCUT2D eigenvalue weighted by Crippen LogP contribution is -2.37. The van der Waals surface area contributed by atoms with Crippen molar-refractivity contribution in [1.29, 1.82) is 0 Å². The molecule has 178 valence electrons. The average Bonchev–Trinajstić information content (AvgIpc) is 2.70. The first-order valence-electron chi connectivity index (χ1n) is 13.0. The van der Waals surface area contributed by atoms with Gasteiger partial charge in [0.15, 0.2) is 0 Å². The van der Waals surface area contributed by atoms with Gasteiger partial charge in [-0.15, -0.1) is 0 Å². The average molecular weight is 431 g/mol. The summed E-state index contributed by atoms with van der Waals surface area (Å²) in [7, 11) is 0. The SMILES string of the molecule is Cc1c(C)c2c(c(C)c1O)CCC(C)(CCCC(C)CC(C)CCCCCC(C)C)O2. The van der Waals surface area contributed by atoms with Crippen molar-refractivity contribution in [3.05, 3.63) is 22.3 Å². The zero-order valence-electron chi connectivity index (χ0n) is 21.9. The molecule has 0 aromatic heterocycles. The molecule has 2 nitrogen and oxygen atoms in total. The fourth-order valence-electron chi connectivity index (χ4n) is 5.44. The van der Waals surface area contributed by atoms with Gasteiger partial charge in [-0.25, -0.2) is 0 Å². The van der Waals surface area contributed by atoms with E-state index in [2.05, 4.69) is 41.5 Å². The minimum Gasteiger partial charge on any atom is -0.507 e. The van der Waals surface area contributed by atoms with E-state index in [1.807, 2.05) is 13.8 Å². The third kappa shape index (κ3) is 7.43. The minimum atomic E-state index is -0.0740. The van der Waals surface area contributed by atoms with Crippen molar-refractivity contribution in [2.45, 2.75) is 132 Å². The number of hydrogen-bond donors (Lipinski definition) is 1. The molecular weight excluding hydrogens is 380 g/mol. The second-order valence-electron chi connectivity index (χ2n) is 11.5. The molecule has 0 fully saturated rings. The lowest BCUT2D eigenvalue weighted by Gasteiger charge is -2.38. The summed E-state index contributed by atoms with van der Waals surface area (Å²) in [6.45, 7) is 18.0. The van der Waals surface area contributed by atoms with Gasteiger partial charge in [-0.3, -0.25) is 0 Å². The number of phenols is 1. The maximum Gasteiger partial charge on any atom is 0.127 e. The highest BCUT2D eigenvalue weighted by Gasteiger charge is 2.34. The normalized spacial score (nSPS) is 20.4. The predicted molar refractivity (Wildman–Crippen MR) is 134 cm³/mol. The van der Waals surface area contributed by atoms with E-state index in [0.29, 0.717) is 5.75 Å². The van der Waals surface area contributed by atoms with Crippen LogP contribution in [0.5, 0.6) is 11.5 Å². The lowest BCUT2D eigenvalue weighted by molar-refractivity contribution is 0.0510. The van der Waals surface area contributed by atoms with Crippen LogP contribution in [0.2, 0.25) is 0 Å². The first-order valence-corrected chi connectivity index (χ1v) is 13.0. The Morgan fingerprint density at radius 3 is 2.10 bits per heavy atom. The van der Waals surface area contributed by atoms with Crippen LogP contribution in [0.15, 0.2) is 0 Å². The molecule has 1 aliphatic heterocycles. The number of benzene rings is 1. The van der Waals surface area contributed by atoms with Crippen LogP contribution in [-0.2, 0) is 6.42 Å². The number of phenolic OH excluding ortho intramolecular Hbond substituents is 1. The summed E-state index contributed by atoms with van der Waals surface area (Å²) in [6, 6.07) is 0. The summed E-state index contributed by atoms with van der Waals surface area (Å²) < 4.78 is 6.61. The summed E-state index contributed by atoms with van der Waals surface area (Å²) in [5.74, 6) is 3.99. The monoisotopic (exact) mass is 430 g/mol. The highest BCUT2D eigenvalue weighted by Crippen LogP contribution is 2.44. The van der Waals surface area contributed by atoms with Gasteiger partial charge in [0.25, 0.3) is 0 Å². The molecule has 0 spiro atoms. The molecule has 1 aromatic carbocycles. The van der Waals surface area contributed by atoms with E-state index < -0.39 is 0 Å². The second-order valence-corrected chi connectivity index (χ2v) is 11.5. The second kappa shape index (κ2) is 11.6. The highest BCUT2D eigenvalue weighted by atomic mass is 16.5. The third-order valence-electron chi connectivity index (χ3n) is 7.78. The maximum atomic E-state index is 10.4. The van der Waals surface area contributed by atoms with Crippen molar-refractivity contribution in [3.63, 3.8) is 0 Å². The predicted octanol–water partition coefficient (Wildman–Crippen LogP) is 8.84. The molecular formula is C29H50O2. The van der Waals surface area contributed by atoms with Crippen molar-refractivity contribution >= 4 is 0 Å². The first-order chi connectivity index (χ1) is 14.5. The van der Waals surface area contributed by atoms with Crippen LogP contribution >= 0.6 is 0 Å². The molecule has 3 atom stereocenters. The molecule has 2 heteroatoms. The van der Waals surface area contributed by atoms with Gasteiger partial charge in [0, 0.05) is 5.56 Å². The molecule has 1 heterocycles. The number of unbranched alkanes of at least 4 members (excludes halogenated alkanes) is 2.